The van der Waals surface area contributed by atoms with Gasteiger partial charge in [-0.2, -0.15) is 0 Å². The summed E-state index contributed by atoms with van der Waals surface area (Å²) in [6.45, 7) is 3.65. The van der Waals surface area contributed by atoms with E-state index in [1.165, 1.54) is 24.3 Å². The van der Waals surface area contributed by atoms with Gasteiger partial charge in [-0.25, -0.2) is 30.9 Å². The maximum atomic E-state index is 13.6. The van der Waals surface area contributed by atoms with Crippen LogP contribution in [0.1, 0.15) is 11.1 Å². The zero-order valence-corrected chi connectivity index (χ0v) is 21.2. The van der Waals surface area contributed by atoms with E-state index >= 15 is 0 Å². The first-order valence-corrected chi connectivity index (χ1v) is 14.3. The minimum Gasteiger partial charge on any atom is -0.325 e. The number of carbonyl (C=O) groups is 1. The van der Waals surface area contributed by atoms with Crippen molar-refractivity contribution in [1.29, 1.82) is 0 Å². The second kappa shape index (κ2) is 9.46. The molecule has 4 aromatic rings. The number of benzene rings is 3. The molecule has 0 radical (unpaired) electrons. The van der Waals surface area contributed by atoms with Crippen molar-refractivity contribution in [2.24, 2.45) is 5.14 Å². The highest BCUT2D eigenvalue weighted by Gasteiger charge is 2.25. The van der Waals surface area contributed by atoms with Crippen molar-refractivity contribution in [2.75, 3.05) is 11.1 Å². The van der Waals surface area contributed by atoms with Crippen LogP contribution in [0.5, 0.6) is 0 Å². The Kier molecular flexibility index (Phi) is 6.73. The topological polar surface area (TPSA) is 141 Å². The van der Waals surface area contributed by atoms with E-state index in [-0.39, 0.29) is 20.7 Å². The zero-order chi connectivity index (χ0) is 25.4. The molecule has 0 atom stereocenters. The minimum absolute atomic E-state index is 0.0739. The van der Waals surface area contributed by atoms with E-state index in [0.717, 1.165) is 26.9 Å². The van der Waals surface area contributed by atoms with E-state index in [4.69, 9.17) is 5.14 Å². The lowest BCUT2D eigenvalue weighted by atomic mass is 10.2. The quantitative estimate of drug-likeness (QED) is 0.349. The van der Waals surface area contributed by atoms with Crippen LogP contribution in [0.15, 0.2) is 81.7 Å². The Labute approximate surface area is 207 Å². The average molecular weight is 531 g/mol. The van der Waals surface area contributed by atoms with Gasteiger partial charge in [0.1, 0.15) is 0 Å². The Morgan fingerprint density at radius 3 is 2.20 bits per heavy atom. The molecular formula is C23H22N4O5S3. The monoisotopic (exact) mass is 530 g/mol. The summed E-state index contributed by atoms with van der Waals surface area (Å²) in [6.07, 6.45) is 0. The Bertz CT molecular complexity index is 1620. The van der Waals surface area contributed by atoms with Gasteiger partial charge in [0, 0.05) is 5.69 Å². The molecule has 0 bridgehead atoms. The molecule has 0 fully saturated rings. The lowest BCUT2D eigenvalue weighted by Gasteiger charge is -2.12. The predicted octanol–water partition coefficient (Wildman–Crippen LogP) is 3.27. The van der Waals surface area contributed by atoms with Crippen molar-refractivity contribution in [3.63, 3.8) is 0 Å². The molecule has 0 spiro atoms. The number of hydrogen-bond acceptors (Lipinski definition) is 7. The average Bonchev–Trinajstić information content (AvgIpc) is 3.16. The van der Waals surface area contributed by atoms with Crippen molar-refractivity contribution >= 4 is 54.4 Å². The lowest BCUT2D eigenvalue weighted by molar-refractivity contribution is -0.113. The highest BCUT2D eigenvalue weighted by Crippen LogP contribution is 2.30. The fraction of sp³-hybridized carbons (Fsp3) is 0.130. The summed E-state index contributed by atoms with van der Waals surface area (Å²) in [5.74, 6) is -0.538. The molecule has 9 nitrogen and oxygen atoms in total. The van der Waals surface area contributed by atoms with Crippen LogP contribution >= 0.6 is 11.8 Å². The van der Waals surface area contributed by atoms with Crippen LogP contribution in [0.3, 0.4) is 0 Å². The molecule has 182 valence electrons. The molecule has 0 aliphatic carbocycles. The molecule has 12 heteroatoms. The molecule has 0 aliphatic heterocycles. The van der Waals surface area contributed by atoms with E-state index in [9.17, 15) is 21.6 Å². The summed E-state index contributed by atoms with van der Waals surface area (Å²) >= 11 is 0.982. The number of imidazole rings is 1. The van der Waals surface area contributed by atoms with Crippen molar-refractivity contribution in [3.8, 4) is 0 Å². The lowest BCUT2D eigenvalue weighted by Crippen LogP contribution is -2.17. The van der Waals surface area contributed by atoms with Crippen LogP contribution < -0.4 is 10.5 Å². The van der Waals surface area contributed by atoms with E-state index < -0.39 is 26.0 Å². The standard InChI is InChI=1S/C23H22N4O5S3/c1-15-11-16(2)13-19(12-15)35(31,32)27-21-6-4-3-5-20(21)26-23(27)33-14-22(28)25-17-7-9-18(10-8-17)34(24,29)30/h3-13H,14H2,1-2H3,(H,25,28)(H2,24,29,30). The number of nitrogens with zero attached hydrogens (tertiary/aromatic N) is 2. The Morgan fingerprint density at radius 1 is 0.943 bits per heavy atom. The molecule has 1 aromatic heterocycles. The van der Waals surface area contributed by atoms with Crippen LogP contribution in [0.2, 0.25) is 0 Å². The molecule has 3 N–H and O–H groups in total. The number of thioether (sulfide) groups is 1. The number of nitrogens with one attached hydrogen (secondary N) is 1. The largest absolute Gasteiger partial charge is 0.325 e. The number of amides is 1. The number of hydrogen-bond donors (Lipinski definition) is 2. The van der Waals surface area contributed by atoms with Crippen LogP contribution in [0.25, 0.3) is 11.0 Å². The maximum Gasteiger partial charge on any atom is 0.270 e. The van der Waals surface area contributed by atoms with Crippen LogP contribution in [0.4, 0.5) is 5.69 Å². The molecule has 4 rings (SSSR count). The zero-order valence-electron chi connectivity index (χ0n) is 18.8. The van der Waals surface area contributed by atoms with Crippen LogP contribution in [-0.4, -0.2) is 37.5 Å². The summed E-state index contributed by atoms with van der Waals surface area (Å²) in [7, 11) is -7.83. The van der Waals surface area contributed by atoms with Crippen molar-refractivity contribution in [2.45, 2.75) is 28.8 Å². The molecule has 35 heavy (non-hydrogen) atoms. The van der Waals surface area contributed by atoms with Gasteiger partial charge in [0.2, 0.25) is 15.9 Å². The molecule has 0 unspecified atom stereocenters. The number of anilines is 1. The number of nitrogens with two attached hydrogens (primary N) is 1. The summed E-state index contributed by atoms with van der Waals surface area (Å²) < 4.78 is 51.2. The summed E-state index contributed by atoms with van der Waals surface area (Å²) in [5.41, 5.74) is 2.90. The van der Waals surface area contributed by atoms with Crippen LogP contribution in [-0.2, 0) is 24.8 Å². The number of aryl methyl sites for hydroxylation is 2. The van der Waals surface area contributed by atoms with Crippen LogP contribution in [0, 0.1) is 13.8 Å². The van der Waals surface area contributed by atoms with Gasteiger partial charge in [-0.05, 0) is 73.5 Å². The van der Waals surface area contributed by atoms with Gasteiger partial charge in [0.05, 0.1) is 26.6 Å². The van der Waals surface area contributed by atoms with Gasteiger partial charge in [-0.15, -0.1) is 0 Å². The van der Waals surface area contributed by atoms with Gasteiger partial charge in [0.25, 0.3) is 10.0 Å². The smallest absolute Gasteiger partial charge is 0.270 e. The fourth-order valence-electron chi connectivity index (χ4n) is 3.55. The molecule has 0 aliphatic rings. The SMILES string of the molecule is Cc1cc(C)cc(S(=O)(=O)n2c(SCC(=O)Nc3ccc(S(N)(=O)=O)cc3)nc3ccccc32)c1. The summed E-state index contributed by atoms with van der Waals surface area (Å²) in [5, 5.41) is 7.89. The molecule has 0 saturated heterocycles. The number of primary sulfonamides is 1. The van der Waals surface area contributed by atoms with Gasteiger partial charge < -0.3 is 5.32 Å². The van der Waals surface area contributed by atoms with Crippen molar-refractivity contribution < 1.29 is 21.6 Å². The second-order valence-electron chi connectivity index (χ2n) is 7.88. The normalized spacial score (nSPS) is 12.1. The number of para-hydroxylation sites is 2. The van der Waals surface area contributed by atoms with E-state index in [1.54, 1.807) is 36.4 Å². The second-order valence-corrected chi connectivity index (χ2v) is 12.2. The number of carbonyl (C=O) groups excluding carboxylic acids is 1. The highest BCUT2D eigenvalue weighted by atomic mass is 32.2. The fourth-order valence-corrected chi connectivity index (χ4v) is 6.77. The third-order valence-electron chi connectivity index (χ3n) is 5.02. The third-order valence-corrected chi connectivity index (χ3v) is 8.69. The molecule has 3 aromatic carbocycles. The Balaban J connectivity index is 1.62. The number of aromatic nitrogens is 2. The highest BCUT2D eigenvalue weighted by molar-refractivity contribution is 8.00. The van der Waals surface area contributed by atoms with Gasteiger partial charge in [-0.3, -0.25) is 4.79 Å². The van der Waals surface area contributed by atoms with Gasteiger partial charge in [0.15, 0.2) is 5.16 Å². The molecule has 0 saturated carbocycles. The first kappa shape index (κ1) is 24.9. The van der Waals surface area contributed by atoms with E-state index in [0.29, 0.717) is 16.7 Å². The predicted molar refractivity (Wildman–Crippen MR) is 135 cm³/mol. The van der Waals surface area contributed by atoms with Gasteiger partial charge >= 0.3 is 0 Å². The van der Waals surface area contributed by atoms with E-state index in [1.807, 2.05) is 19.9 Å². The first-order valence-electron chi connectivity index (χ1n) is 10.3. The Morgan fingerprint density at radius 2 is 1.57 bits per heavy atom. The Hall–Kier alpha value is -3.19. The molecule has 1 amide bonds. The number of fused-ring (bicyclic) bond motifs is 1. The number of rotatable bonds is 7. The summed E-state index contributed by atoms with van der Waals surface area (Å²) in [4.78, 5) is 17.1. The van der Waals surface area contributed by atoms with Crippen molar-refractivity contribution in [3.05, 3.63) is 77.9 Å². The third kappa shape index (κ3) is 5.40. The summed E-state index contributed by atoms with van der Waals surface area (Å²) in [6, 6.07) is 17.4. The van der Waals surface area contributed by atoms with E-state index in [2.05, 4.69) is 10.3 Å². The first-order chi connectivity index (χ1) is 16.4. The van der Waals surface area contributed by atoms with Crippen molar-refractivity contribution in [1.82, 2.24) is 8.96 Å². The molecule has 1 heterocycles. The number of sulfonamides is 1. The maximum absolute atomic E-state index is 13.6. The van der Waals surface area contributed by atoms with Gasteiger partial charge in [-0.1, -0.05) is 30.0 Å². The molecular weight excluding hydrogens is 508 g/mol. The minimum atomic E-state index is -3.99.